The van der Waals surface area contributed by atoms with Crippen LogP contribution in [0, 0.1) is 0 Å². The number of rotatable bonds is 7. The third kappa shape index (κ3) is 4.51. The standard InChI is InChI=1S/C18H22BrNO6S2/c1-12(13-6-8-14(9-7-13)27(5,21)22)20(2)28(23,24)18-11-17(26-4)16(25-3)10-15(18)19/h6-12H,1-5H3. The SMILES string of the molecule is COc1cc(Br)c(S(=O)(=O)N(C)C(C)c2ccc(S(C)(=O)=O)cc2)cc1OC. The summed E-state index contributed by atoms with van der Waals surface area (Å²) in [5.41, 5.74) is 0.662. The van der Waals surface area contributed by atoms with Gasteiger partial charge in [0.25, 0.3) is 0 Å². The number of halogens is 1. The molecule has 0 aliphatic heterocycles. The van der Waals surface area contributed by atoms with E-state index in [4.69, 9.17) is 9.47 Å². The number of methoxy groups -OCH3 is 2. The second kappa shape index (κ2) is 8.40. The van der Waals surface area contributed by atoms with Crippen LogP contribution >= 0.6 is 15.9 Å². The molecule has 0 saturated carbocycles. The van der Waals surface area contributed by atoms with Crippen LogP contribution in [0.1, 0.15) is 18.5 Å². The van der Waals surface area contributed by atoms with Crippen LogP contribution in [0.3, 0.4) is 0 Å². The molecule has 0 saturated heterocycles. The molecule has 2 rings (SSSR count). The first kappa shape index (κ1) is 22.7. The van der Waals surface area contributed by atoms with Crippen molar-refractivity contribution in [1.82, 2.24) is 4.31 Å². The summed E-state index contributed by atoms with van der Waals surface area (Å²) in [6, 6.07) is 8.55. The minimum Gasteiger partial charge on any atom is -0.493 e. The Labute approximate surface area is 174 Å². The molecule has 0 fully saturated rings. The fourth-order valence-electron chi connectivity index (χ4n) is 2.60. The van der Waals surface area contributed by atoms with E-state index in [-0.39, 0.29) is 9.79 Å². The van der Waals surface area contributed by atoms with Gasteiger partial charge in [0.2, 0.25) is 10.0 Å². The zero-order valence-electron chi connectivity index (χ0n) is 16.1. The Balaban J connectivity index is 2.43. The molecule has 0 aliphatic carbocycles. The summed E-state index contributed by atoms with van der Waals surface area (Å²) < 4.78 is 61.5. The summed E-state index contributed by atoms with van der Waals surface area (Å²) in [7, 11) is -2.84. The summed E-state index contributed by atoms with van der Waals surface area (Å²) in [5, 5.41) is 0. The molecular weight excluding hydrogens is 470 g/mol. The highest BCUT2D eigenvalue weighted by Gasteiger charge is 2.29. The first-order chi connectivity index (χ1) is 12.9. The smallest absolute Gasteiger partial charge is 0.244 e. The van der Waals surface area contributed by atoms with Gasteiger partial charge in [0.1, 0.15) is 4.90 Å². The zero-order chi connectivity index (χ0) is 21.3. The van der Waals surface area contributed by atoms with E-state index in [2.05, 4.69) is 15.9 Å². The van der Waals surface area contributed by atoms with E-state index in [1.807, 2.05) is 0 Å². The van der Waals surface area contributed by atoms with Crippen molar-refractivity contribution in [2.24, 2.45) is 0 Å². The van der Waals surface area contributed by atoms with Crippen LogP contribution in [0.25, 0.3) is 0 Å². The Morgan fingerprint density at radius 1 is 0.964 bits per heavy atom. The third-order valence-corrected chi connectivity index (χ3v) is 8.45. The van der Waals surface area contributed by atoms with Crippen molar-refractivity contribution in [2.75, 3.05) is 27.5 Å². The molecule has 2 aromatic carbocycles. The predicted molar refractivity (Wildman–Crippen MR) is 110 cm³/mol. The lowest BCUT2D eigenvalue weighted by Gasteiger charge is -2.25. The van der Waals surface area contributed by atoms with Gasteiger partial charge in [-0.3, -0.25) is 0 Å². The van der Waals surface area contributed by atoms with Crippen molar-refractivity contribution >= 4 is 35.8 Å². The molecule has 0 bridgehead atoms. The second-order valence-electron chi connectivity index (χ2n) is 6.18. The van der Waals surface area contributed by atoms with Gasteiger partial charge in [-0.15, -0.1) is 0 Å². The molecule has 0 heterocycles. The number of sulfonamides is 1. The molecule has 0 N–H and O–H groups in total. The lowest BCUT2D eigenvalue weighted by molar-refractivity contribution is 0.352. The first-order valence-corrected chi connectivity index (χ1v) is 12.3. The maximum Gasteiger partial charge on any atom is 0.244 e. The quantitative estimate of drug-likeness (QED) is 0.590. The molecule has 0 radical (unpaired) electrons. The Morgan fingerprint density at radius 3 is 1.93 bits per heavy atom. The largest absolute Gasteiger partial charge is 0.493 e. The minimum absolute atomic E-state index is 0.0345. The molecule has 0 amide bonds. The maximum atomic E-state index is 13.2. The van der Waals surface area contributed by atoms with E-state index in [1.165, 1.54) is 49.8 Å². The number of benzene rings is 2. The van der Waals surface area contributed by atoms with Crippen molar-refractivity contribution in [3.63, 3.8) is 0 Å². The van der Waals surface area contributed by atoms with Crippen molar-refractivity contribution in [2.45, 2.75) is 22.8 Å². The summed E-state index contributed by atoms with van der Waals surface area (Å²) in [6.07, 6.45) is 1.12. The lowest BCUT2D eigenvalue weighted by atomic mass is 10.1. The molecule has 0 aromatic heterocycles. The van der Waals surface area contributed by atoms with E-state index in [0.717, 1.165) is 6.26 Å². The normalized spacial score (nSPS) is 13.4. The average Bonchev–Trinajstić information content (AvgIpc) is 2.65. The van der Waals surface area contributed by atoms with Crippen LogP contribution in [-0.2, 0) is 19.9 Å². The van der Waals surface area contributed by atoms with Crippen molar-refractivity contribution < 1.29 is 26.3 Å². The number of ether oxygens (including phenoxy) is 2. The van der Waals surface area contributed by atoms with Gasteiger partial charge in [0.15, 0.2) is 21.3 Å². The Kier molecular flexibility index (Phi) is 6.80. The lowest BCUT2D eigenvalue weighted by Crippen LogP contribution is -2.30. The van der Waals surface area contributed by atoms with E-state index >= 15 is 0 Å². The van der Waals surface area contributed by atoms with Crippen LogP contribution < -0.4 is 9.47 Å². The summed E-state index contributed by atoms with van der Waals surface area (Å²) in [5.74, 6) is 0.697. The fraction of sp³-hybridized carbons (Fsp3) is 0.333. The van der Waals surface area contributed by atoms with E-state index < -0.39 is 25.9 Å². The van der Waals surface area contributed by atoms with Gasteiger partial charge in [-0.05, 0) is 46.6 Å². The van der Waals surface area contributed by atoms with Crippen molar-refractivity contribution in [3.05, 3.63) is 46.4 Å². The molecule has 0 aliphatic rings. The van der Waals surface area contributed by atoms with Gasteiger partial charge in [0, 0.05) is 29.9 Å². The molecule has 0 spiro atoms. The maximum absolute atomic E-state index is 13.2. The van der Waals surface area contributed by atoms with Crippen molar-refractivity contribution in [1.29, 1.82) is 0 Å². The van der Waals surface area contributed by atoms with E-state index in [1.54, 1.807) is 19.1 Å². The predicted octanol–water partition coefficient (Wildman–Crippen LogP) is 3.25. The Hall–Kier alpha value is -1.62. The highest BCUT2D eigenvalue weighted by atomic mass is 79.9. The van der Waals surface area contributed by atoms with Gasteiger partial charge in [-0.1, -0.05) is 12.1 Å². The minimum atomic E-state index is -3.88. The van der Waals surface area contributed by atoms with Gasteiger partial charge in [0.05, 0.1) is 19.1 Å². The van der Waals surface area contributed by atoms with Gasteiger partial charge < -0.3 is 9.47 Å². The van der Waals surface area contributed by atoms with Crippen LogP contribution in [0.4, 0.5) is 0 Å². The van der Waals surface area contributed by atoms with E-state index in [0.29, 0.717) is 21.5 Å². The number of nitrogens with zero attached hydrogens (tertiary/aromatic N) is 1. The van der Waals surface area contributed by atoms with Gasteiger partial charge >= 0.3 is 0 Å². The molecule has 28 heavy (non-hydrogen) atoms. The third-order valence-electron chi connectivity index (χ3n) is 4.43. The van der Waals surface area contributed by atoms with Crippen LogP contribution in [0.15, 0.2) is 50.7 Å². The number of sulfone groups is 1. The summed E-state index contributed by atoms with van der Waals surface area (Å²) in [6.45, 7) is 1.72. The molecule has 154 valence electrons. The second-order valence-corrected chi connectivity index (χ2v) is 11.0. The molecule has 2 aromatic rings. The van der Waals surface area contributed by atoms with Crippen LogP contribution in [0.5, 0.6) is 11.5 Å². The molecular formula is C18H22BrNO6S2. The Morgan fingerprint density at radius 2 is 1.46 bits per heavy atom. The Bertz CT molecular complexity index is 1070. The van der Waals surface area contributed by atoms with Gasteiger partial charge in [-0.2, -0.15) is 4.31 Å². The summed E-state index contributed by atoms with van der Waals surface area (Å²) in [4.78, 5) is 0.212. The molecule has 1 unspecified atom stereocenters. The average molecular weight is 492 g/mol. The fourth-order valence-corrected chi connectivity index (χ4v) is 5.58. The topological polar surface area (TPSA) is 90.0 Å². The number of hydrogen-bond acceptors (Lipinski definition) is 6. The monoisotopic (exact) mass is 491 g/mol. The van der Waals surface area contributed by atoms with Crippen LogP contribution in [-0.4, -0.2) is 48.7 Å². The van der Waals surface area contributed by atoms with E-state index in [9.17, 15) is 16.8 Å². The molecule has 1 atom stereocenters. The first-order valence-electron chi connectivity index (χ1n) is 8.13. The van der Waals surface area contributed by atoms with Gasteiger partial charge in [-0.25, -0.2) is 16.8 Å². The number of hydrogen-bond donors (Lipinski definition) is 0. The van der Waals surface area contributed by atoms with Crippen molar-refractivity contribution in [3.8, 4) is 11.5 Å². The highest BCUT2D eigenvalue weighted by Crippen LogP contribution is 2.38. The zero-order valence-corrected chi connectivity index (χ0v) is 19.4. The highest BCUT2D eigenvalue weighted by molar-refractivity contribution is 9.10. The molecule has 10 heteroatoms. The molecule has 7 nitrogen and oxygen atoms in total. The summed E-state index contributed by atoms with van der Waals surface area (Å²) >= 11 is 3.28. The van der Waals surface area contributed by atoms with Crippen LogP contribution in [0.2, 0.25) is 0 Å².